The van der Waals surface area contributed by atoms with Crippen LogP contribution in [0.25, 0.3) is 0 Å². The Kier molecular flexibility index (Phi) is 14.5. The van der Waals surface area contributed by atoms with Gasteiger partial charge in [0.1, 0.15) is 0 Å². The molecule has 14 radical (unpaired) electrons. The van der Waals surface area contributed by atoms with Crippen molar-refractivity contribution in [2.45, 2.75) is 76.2 Å². The van der Waals surface area contributed by atoms with Crippen LogP contribution in [-0.4, -0.2) is 0 Å². The Balaban J connectivity index is 0. The molecule has 0 nitrogen and oxygen atoms in total. The van der Waals surface area contributed by atoms with E-state index in [-0.39, 0.29) is 22.4 Å². The smallest absolute Gasteiger partial charge is 0 e. The molecule has 0 atom stereocenters. The van der Waals surface area contributed by atoms with Crippen LogP contribution in [0.15, 0.2) is 0 Å². The number of hydrogen-bond acceptors (Lipinski definition) is 0. The average molecular weight is 507 g/mol. The SMILES string of the molecule is C[C]1[C](C)[C](C)[C](C)[C]1C.C[C]1[C](C)[C](C)[C](C)[C]1C.[CH2][CH][CH]C.[Ta]. The van der Waals surface area contributed by atoms with E-state index in [0.717, 1.165) is 0 Å². The van der Waals surface area contributed by atoms with E-state index in [1.165, 1.54) is 59.2 Å². The van der Waals surface area contributed by atoms with E-state index in [1.54, 1.807) is 6.42 Å². The Bertz CT molecular complexity index is 204. The summed E-state index contributed by atoms with van der Waals surface area (Å²) < 4.78 is 0. The van der Waals surface area contributed by atoms with Crippen molar-refractivity contribution >= 4 is 0 Å². The van der Waals surface area contributed by atoms with Gasteiger partial charge in [-0.05, 0) is 78.9 Å². The van der Waals surface area contributed by atoms with Gasteiger partial charge >= 0.3 is 0 Å². The van der Waals surface area contributed by atoms with Gasteiger partial charge < -0.3 is 0 Å². The molecule has 0 heterocycles. The van der Waals surface area contributed by atoms with Gasteiger partial charge in [-0.3, -0.25) is 0 Å². The average Bonchev–Trinajstić information content (AvgIpc) is 2.86. The Morgan fingerprint density at radius 3 is 0.560 bits per heavy atom. The second-order valence-corrected chi connectivity index (χ2v) is 6.82. The molecule has 1 heteroatoms. The maximum absolute atomic E-state index is 3.42. The summed E-state index contributed by atoms with van der Waals surface area (Å²) in [4.78, 5) is 0. The molecule has 0 aliphatic heterocycles. The molecule has 138 valence electrons. The normalized spacial score (nSPS) is 24.0. The zero-order valence-electron chi connectivity index (χ0n) is 18.3. The topological polar surface area (TPSA) is 0 Å². The Labute approximate surface area is 177 Å². The summed E-state index contributed by atoms with van der Waals surface area (Å²) in [5.74, 6) is 14.7. The van der Waals surface area contributed by atoms with E-state index in [2.05, 4.69) is 76.2 Å². The van der Waals surface area contributed by atoms with Crippen molar-refractivity contribution in [1.82, 2.24) is 0 Å². The van der Waals surface area contributed by atoms with Gasteiger partial charge in [-0.1, -0.05) is 76.2 Å². The molecule has 0 amide bonds. The number of rotatable bonds is 1. The van der Waals surface area contributed by atoms with Gasteiger partial charge in [0.25, 0.3) is 0 Å². The minimum atomic E-state index is 0. The molecule has 0 aromatic rings. The summed E-state index contributed by atoms with van der Waals surface area (Å²) in [7, 11) is 0. The molecule has 0 aromatic heterocycles. The van der Waals surface area contributed by atoms with Gasteiger partial charge in [0.2, 0.25) is 0 Å². The maximum Gasteiger partial charge on any atom is 0 e. The van der Waals surface area contributed by atoms with E-state index in [9.17, 15) is 0 Å². The summed E-state index contributed by atoms with van der Waals surface area (Å²) in [5, 5.41) is 0. The minimum Gasteiger partial charge on any atom is -0.0620 e. The van der Waals surface area contributed by atoms with Crippen LogP contribution in [0.2, 0.25) is 0 Å². The molecule has 2 fully saturated rings. The fraction of sp³-hybridized carbons (Fsp3) is 0.458. The Hall–Kier alpha value is 0.740. The third-order valence-electron chi connectivity index (χ3n) is 5.86. The van der Waals surface area contributed by atoms with Gasteiger partial charge in [0.15, 0.2) is 0 Å². The minimum absolute atomic E-state index is 0. The van der Waals surface area contributed by atoms with Crippen LogP contribution in [0.1, 0.15) is 76.2 Å². The van der Waals surface area contributed by atoms with Crippen LogP contribution in [0, 0.1) is 78.9 Å². The van der Waals surface area contributed by atoms with Crippen molar-refractivity contribution in [2.75, 3.05) is 0 Å². The van der Waals surface area contributed by atoms with Crippen LogP contribution < -0.4 is 0 Å². The third-order valence-corrected chi connectivity index (χ3v) is 5.86. The third kappa shape index (κ3) is 7.34. The predicted octanol–water partition coefficient (Wildman–Crippen LogP) is 7.19. The van der Waals surface area contributed by atoms with Gasteiger partial charge in [0.05, 0.1) is 0 Å². The van der Waals surface area contributed by atoms with Crippen molar-refractivity contribution in [1.29, 1.82) is 0 Å². The first kappa shape index (κ1) is 28.0. The van der Waals surface area contributed by atoms with Crippen LogP contribution in [0.3, 0.4) is 0 Å². The largest absolute Gasteiger partial charge is 0.0620 e. The van der Waals surface area contributed by atoms with Gasteiger partial charge in [-0.15, -0.1) is 0 Å². The van der Waals surface area contributed by atoms with Gasteiger partial charge in [-0.25, -0.2) is 0 Å². The van der Waals surface area contributed by atoms with Crippen molar-refractivity contribution < 1.29 is 22.4 Å². The van der Waals surface area contributed by atoms with Gasteiger partial charge in [0, 0.05) is 22.4 Å². The molecule has 0 saturated heterocycles. The fourth-order valence-corrected chi connectivity index (χ4v) is 2.81. The van der Waals surface area contributed by atoms with Crippen molar-refractivity contribution in [2.24, 2.45) is 0 Å². The van der Waals surface area contributed by atoms with E-state index in [4.69, 9.17) is 0 Å². The molecule has 2 aliphatic rings. The summed E-state index contributed by atoms with van der Waals surface area (Å²) in [5.41, 5.74) is 0. The quantitative estimate of drug-likeness (QED) is 0.353. The van der Waals surface area contributed by atoms with Crippen LogP contribution >= 0.6 is 0 Å². The van der Waals surface area contributed by atoms with Crippen molar-refractivity contribution in [3.05, 3.63) is 78.9 Å². The van der Waals surface area contributed by atoms with Crippen molar-refractivity contribution in [3.63, 3.8) is 0 Å². The van der Waals surface area contributed by atoms with E-state index < -0.39 is 0 Å². The van der Waals surface area contributed by atoms with Crippen molar-refractivity contribution in [3.8, 4) is 0 Å². The number of unbranched alkanes of at least 4 members (excludes halogenated alkanes) is 1. The van der Waals surface area contributed by atoms with E-state index in [1.807, 2.05) is 13.3 Å². The zero-order chi connectivity index (χ0) is 19.2. The molecule has 0 aromatic carbocycles. The standard InChI is InChI=1S/2C10H15.C4H7.Ta/c2*1-6-7(2)9(4)10(5)8(6)3;1-3-4-2;/h2*1-5H3;3-4H,1H2,2H3;. The predicted molar refractivity (Wildman–Crippen MR) is 109 cm³/mol. The fourth-order valence-electron chi connectivity index (χ4n) is 2.81. The zero-order valence-corrected chi connectivity index (χ0v) is 21.5. The first-order valence-electron chi connectivity index (χ1n) is 8.82. The van der Waals surface area contributed by atoms with Gasteiger partial charge in [-0.2, -0.15) is 0 Å². The summed E-state index contributed by atoms with van der Waals surface area (Å²) in [6.07, 6.45) is 3.64. The molecular formula is C24H37Ta. The second-order valence-electron chi connectivity index (χ2n) is 6.82. The van der Waals surface area contributed by atoms with E-state index >= 15 is 0 Å². The molecule has 2 saturated carbocycles. The monoisotopic (exact) mass is 506 g/mol. The molecule has 25 heavy (non-hydrogen) atoms. The van der Waals surface area contributed by atoms with Crippen LogP contribution in [-0.2, 0) is 22.4 Å². The van der Waals surface area contributed by atoms with E-state index in [0.29, 0.717) is 0 Å². The molecule has 0 unspecified atom stereocenters. The Morgan fingerprint density at radius 1 is 0.440 bits per heavy atom. The summed E-state index contributed by atoms with van der Waals surface area (Å²) >= 11 is 0. The first-order valence-corrected chi connectivity index (χ1v) is 8.82. The number of hydrogen-bond donors (Lipinski definition) is 0. The molecular weight excluding hydrogens is 469 g/mol. The second kappa shape index (κ2) is 13.0. The summed E-state index contributed by atoms with van der Waals surface area (Å²) in [6, 6.07) is 0. The molecule has 0 spiro atoms. The Morgan fingerprint density at radius 2 is 0.520 bits per heavy atom. The van der Waals surface area contributed by atoms with Crippen LogP contribution in [0.5, 0.6) is 0 Å². The maximum atomic E-state index is 3.42. The van der Waals surface area contributed by atoms with Crippen LogP contribution in [0.4, 0.5) is 0 Å². The first-order chi connectivity index (χ1) is 11.0. The molecule has 0 N–H and O–H groups in total. The molecule has 2 aliphatic carbocycles. The summed E-state index contributed by atoms with van der Waals surface area (Å²) in [6.45, 7) is 27.4. The molecule has 0 bridgehead atoms. The molecule has 2 rings (SSSR count).